The fraction of sp³-hybridized carbons (Fsp3) is 0.947. The number of hydrogen-bond donors (Lipinski definition) is 0. The lowest BCUT2D eigenvalue weighted by Crippen LogP contribution is -2.55. The van der Waals surface area contributed by atoms with E-state index in [-0.39, 0.29) is 10.8 Å². The van der Waals surface area contributed by atoms with Crippen molar-refractivity contribution >= 4 is 5.97 Å². The van der Waals surface area contributed by atoms with Gasteiger partial charge in [-0.25, -0.2) is 4.79 Å². The number of hydrogen-bond acceptors (Lipinski definition) is 6. The molecule has 3 heterocycles. The van der Waals surface area contributed by atoms with Crippen molar-refractivity contribution in [2.45, 2.75) is 104 Å². The molecule has 25 heavy (non-hydrogen) atoms. The highest BCUT2D eigenvalue weighted by Gasteiger charge is 2.69. The maximum absolute atomic E-state index is 12.3. The molecule has 6 nitrogen and oxygen atoms in total. The van der Waals surface area contributed by atoms with Crippen molar-refractivity contribution in [1.82, 2.24) is 0 Å². The molecule has 3 aliphatic heterocycles. The first-order chi connectivity index (χ1) is 11.2. The van der Waals surface area contributed by atoms with E-state index < -0.39 is 48.1 Å². The molecule has 0 aromatic carbocycles. The maximum atomic E-state index is 12.3. The second-order valence-corrected chi connectivity index (χ2v) is 10.3. The Morgan fingerprint density at radius 1 is 0.840 bits per heavy atom. The van der Waals surface area contributed by atoms with Crippen LogP contribution in [0.15, 0.2) is 0 Å². The van der Waals surface area contributed by atoms with Crippen LogP contribution in [-0.2, 0) is 28.5 Å². The first-order valence-corrected chi connectivity index (χ1v) is 9.06. The minimum atomic E-state index is -0.838. The molecule has 3 fully saturated rings. The molecule has 3 saturated heterocycles. The summed E-state index contributed by atoms with van der Waals surface area (Å²) in [5.74, 6) is -1.23. The summed E-state index contributed by atoms with van der Waals surface area (Å²) in [5, 5.41) is 0. The summed E-state index contributed by atoms with van der Waals surface area (Å²) in [5.41, 5.74) is -1.03. The third kappa shape index (κ3) is 2.91. The zero-order valence-corrected chi connectivity index (χ0v) is 16.8. The smallest absolute Gasteiger partial charge is 0.338 e. The molecule has 0 N–H and O–H groups in total. The normalized spacial score (nSPS) is 37.8. The Morgan fingerprint density at radius 2 is 1.40 bits per heavy atom. The highest BCUT2D eigenvalue weighted by atomic mass is 16.9. The Balaban J connectivity index is 1.85. The van der Waals surface area contributed by atoms with E-state index in [0.29, 0.717) is 0 Å². The van der Waals surface area contributed by atoms with Crippen LogP contribution in [0.1, 0.15) is 62.3 Å². The molecule has 0 unspecified atom stereocenters. The Kier molecular flexibility index (Phi) is 4.13. The van der Waals surface area contributed by atoms with Crippen LogP contribution >= 0.6 is 0 Å². The zero-order chi connectivity index (χ0) is 19.0. The number of fused-ring (bicyclic) bond motifs is 3. The van der Waals surface area contributed by atoms with Gasteiger partial charge in [-0.3, -0.25) is 0 Å². The van der Waals surface area contributed by atoms with E-state index in [9.17, 15) is 4.79 Å². The van der Waals surface area contributed by atoms with Gasteiger partial charge in [0, 0.05) is 10.8 Å². The van der Waals surface area contributed by atoms with Gasteiger partial charge in [-0.15, -0.1) is 0 Å². The molecular formula is C19H32O6. The quantitative estimate of drug-likeness (QED) is 0.673. The predicted octanol–water partition coefficient (Wildman–Crippen LogP) is 3.02. The summed E-state index contributed by atoms with van der Waals surface area (Å²) in [7, 11) is 0. The highest BCUT2D eigenvalue weighted by Crippen LogP contribution is 2.56. The molecule has 6 heteroatoms. The average Bonchev–Trinajstić information content (AvgIpc) is 2.97. The number of carbonyl (C=O) groups excluding carboxylic acids is 1. The van der Waals surface area contributed by atoms with Gasteiger partial charge < -0.3 is 23.7 Å². The van der Waals surface area contributed by atoms with Crippen molar-refractivity contribution in [1.29, 1.82) is 0 Å². The largest absolute Gasteiger partial charge is 0.454 e. The topological polar surface area (TPSA) is 63.2 Å². The van der Waals surface area contributed by atoms with Crippen LogP contribution in [-0.4, -0.2) is 48.1 Å². The molecule has 5 atom stereocenters. The van der Waals surface area contributed by atoms with Crippen LogP contribution in [0, 0.1) is 10.8 Å². The van der Waals surface area contributed by atoms with E-state index in [1.165, 1.54) is 0 Å². The van der Waals surface area contributed by atoms with Crippen LogP contribution in [0.3, 0.4) is 0 Å². The van der Waals surface area contributed by atoms with Gasteiger partial charge >= 0.3 is 5.97 Å². The van der Waals surface area contributed by atoms with Gasteiger partial charge in [0.2, 0.25) is 0 Å². The number of esters is 1. The Morgan fingerprint density at radius 3 is 1.88 bits per heavy atom. The maximum Gasteiger partial charge on any atom is 0.338 e. The molecule has 3 aliphatic rings. The van der Waals surface area contributed by atoms with Crippen molar-refractivity contribution < 1.29 is 28.5 Å². The molecule has 3 rings (SSSR count). The molecule has 0 spiro atoms. The fourth-order valence-electron chi connectivity index (χ4n) is 4.29. The summed E-state index contributed by atoms with van der Waals surface area (Å²) in [6, 6.07) is 0. The molecule has 144 valence electrons. The lowest BCUT2D eigenvalue weighted by Gasteiger charge is -2.49. The highest BCUT2D eigenvalue weighted by molar-refractivity contribution is 5.78. The van der Waals surface area contributed by atoms with Crippen molar-refractivity contribution in [3.63, 3.8) is 0 Å². The summed E-state index contributed by atoms with van der Waals surface area (Å²) in [4.78, 5) is 12.3. The van der Waals surface area contributed by atoms with Crippen LogP contribution in [0.4, 0.5) is 0 Å². The number of carbonyl (C=O) groups is 1. The molecular weight excluding hydrogens is 324 g/mol. The summed E-state index contributed by atoms with van der Waals surface area (Å²) >= 11 is 0. The third-order valence-electron chi connectivity index (χ3n) is 5.03. The van der Waals surface area contributed by atoms with Gasteiger partial charge in [0.25, 0.3) is 0 Å². The zero-order valence-electron chi connectivity index (χ0n) is 16.8. The Hall–Kier alpha value is -0.690. The third-order valence-corrected chi connectivity index (χ3v) is 5.03. The van der Waals surface area contributed by atoms with E-state index >= 15 is 0 Å². The van der Waals surface area contributed by atoms with Crippen LogP contribution in [0.5, 0.6) is 0 Å². The van der Waals surface area contributed by atoms with Crippen molar-refractivity contribution in [2.24, 2.45) is 10.8 Å². The molecule has 0 radical (unpaired) electrons. The van der Waals surface area contributed by atoms with Crippen molar-refractivity contribution in [3.05, 3.63) is 0 Å². The Labute approximate surface area is 150 Å². The second-order valence-electron chi connectivity index (χ2n) is 10.3. The van der Waals surface area contributed by atoms with E-state index in [2.05, 4.69) is 41.5 Å². The van der Waals surface area contributed by atoms with Gasteiger partial charge in [0.15, 0.2) is 30.4 Å². The number of rotatable bonds is 1. The standard InChI is InChI=1S/C19H32O6/c1-16(2,3)19(17(4,5)6)24-13-11-10(22-15(13)25-19)12(14(20)21-11)23-18(7,8)9/h10-13,15H,1-9H3/t10-,11-,12+,13+,15+/m1/s1. The molecule has 0 aromatic heterocycles. The molecule has 0 bridgehead atoms. The minimum absolute atomic E-state index is 0.279. The van der Waals surface area contributed by atoms with E-state index in [4.69, 9.17) is 23.7 Å². The Bertz CT molecular complexity index is 536. The van der Waals surface area contributed by atoms with E-state index in [1.54, 1.807) is 0 Å². The average molecular weight is 356 g/mol. The predicted molar refractivity (Wildman–Crippen MR) is 90.8 cm³/mol. The van der Waals surface area contributed by atoms with Gasteiger partial charge in [0.05, 0.1) is 5.60 Å². The van der Waals surface area contributed by atoms with Gasteiger partial charge in [-0.1, -0.05) is 41.5 Å². The summed E-state index contributed by atoms with van der Waals surface area (Å²) < 4.78 is 30.3. The van der Waals surface area contributed by atoms with Crippen LogP contribution in [0.25, 0.3) is 0 Å². The van der Waals surface area contributed by atoms with Gasteiger partial charge in [0.1, 0.15) is 6.10 Å². The SMILES string of the molecule is CC(C)(C)O[C@@H]1C(=O)O[C@H]2[C@@H]3OC(C(C)(C)C)(C(C)(C)C)O[C@@H]3O[C@H]21. The molecule has 0 amide bonds. The lowest BCUT2D eigenvalue weighted by molar-refractivity contribution is -0.322. The fourth-order valence-corrected chi connectivity index (χ4v) is 4.29. The van der Waals surface area contributed by atoms with Gasteiger partial charge in [-0.05, 0) is 20.8 Å². The van der Waals surface area contributed by atoms with Crippen molar-refractivity contribution in [2.75, 3.05) is 0 Å². The summed E-state index contributed by atoms with van der Waals surface area (Å²) in [6.07, 6.45) is -2.76. The van der Waals surface area contributed by atoms with Gasteiger partial charge in [-0.2, -0.15) is 0 Å². The monoisotopic (exact) mass is 356 g/mol. The van der Waals surface area contributed by atoms with Crippen molar-refractivity contribution in [3.8, 4) is 0 Å². The van der Waals surface area contributed by atoms with E-state index in [0.717, 1.165) is 0 Å². The molecule has 0 aromatic rings. The minimum Gasteiger partial charge on any atom is -0.454 e. The second kappa shape index (κ2) is 5.41. The first kappa shape index (κ1) is 19.1. The summed E-state index contributed by atoms with van der Waals surface area (Å²) in [6.45, 7) is 18.2. The van der Waals surface area contributed by atoms with Crippen LogP contribution < -0.4 is 0 Å². The number of ether oxygens (including phenoxy) is 5. The molecule has 0 aliphatic carbocycles. The lowest BCUT2D eigenvalue weighted by atomic mass is 9.70. The first-order valence-electron chi connectivity index (χ1n) is 9.06. The van der Waals surface area contributed by atoms with Crippen LogP contribution in [0.2, 0.25) is 0 Å². The molecule has 0 saturated carbocycles. The van der Waals surface area contributed by atoms with E-state index in [1.807, 2.05) is 20.8 Å².